The van der Waals surface area contributed by atoms with Crippen LogP contribution in [0.25, 0.3) is 10.9 Å². The number of benzene rings is 2. The summed E-state index contributed by atoms with van der Waals surface area (Å²) in [6.45, 7) is 2.10. The molecular formula is C20H18Cl2N2O3. The number of carbonyl (C=O) groups is 1. The molecule has 0 radical (unpaired) electrons. The van der Waals surface area contributed by atoms with Gasteiger partial charge in [0.15, 0.2) is 5.43 Å². The minimum Gasteiger partial charge on any atom is -0.443 e. The van der Waals surface area contributed by atoms with Gasteiger partial charge in [0.25, 0.3) is 0 Å². The van der Waals surface area contributed by atoms with Crippen molar-refractivity contribution >= 4 is 40.2 Å². The van der Waals surface area contributed by atoms with Gasteiger partial charge in [0.05, 0.1) is 15.7 Å². The molecule has 1 aromatic heterocycles. The highest BCUT2D eigenvalue weighted by molar-refractivity contribution is 6.42. The lowest BCUT2D eigenvalue weighted by Crippen LogP contribution is -2.27. The van der Waals surface area contributed by atoms with Crippen LogP contribution in [0.3, 0.4) is 0 Å². The molecule has 3 aromatic rings. The predicted molar refractivity (Wildman–Crippen MR) is 108 cm³/mol. The van der Waals surface area contributed by atoms with Crippen molar-refractivity contribution in [3.05, 3.63) is 79.6 Å². The van der Waals surface area contributed by atoms with E-state index in [2.05, 4.69) is 10.3 Å². The van der Waals surface area contributed by atoms with E-state index in [0.717, 1.165) is 5.56 Å². The number of para-hydroxylation sites is 1. The van der Waals surface area contributed by atoms with Gasteiger partial charge in [-0.05, 0) is 43.2 Å². The predicted octanol–water partition coefficient (Wildman–Crippen LogP) is 4.61. The van der Waals surface area contributed by atoms with E-state index in [1.165, 1.54) is 0 Å². The van der Waals surface area contributed by atoms with Crippen LogP contribution >= 0.6 is 23.2 Å². The smallest absolute Gasteiger partial charge is 0.407 e. The van der Waals surface area contributed by atoms with Crippen molar-refractivity contribution < 1.29 is 9.53 Å². The molecule has 5 nitrogen and oxygen atoms in total. The molecule has 0 unspecified atom stereocenters. The lowest BCUT2D eigenvalue weighted by Gasteiger charge is -2.10. The SMILES string of the molecule is Cc1c(COC(=O)NCCc2ccc(Cl)c(Cl)c2)[nH]c2ccccc2c1=O. The zero-order valence-electron chi connectivity index (χ0n) is 14.6. The van der Waals surface area contributed by atoms with Gasteiger partial charge in [-0.25, -0.2) is 4.79 Å². The number of carbonyl (C=O) groups excluding carboxylic acids is 1. The maximum atomic E-state index is 12.4. The summed E-state index contributed by atoms with van der Waals surface area (Å²) in [4.78, 5) is 27.4. The normalized spacial score (nSPS) is 10.8. The average Bonchev–Trinajstić information content (AvgIpc) is 2.66. The van der Waals surface area contributed by atoms with Crippen molar-refractivity contribution in [1.29, 1.82) is 0 Å². The number of hydrogen-bond acceptors (Lipinski definition) is 3. The molecule has 0 spiro atoms. The third kappa shape index (κ3) is 4.62. The Hall–Kier alpha value is -2.50. The van der Waals surface area contributed by atoms with Crippen LogP contribution in [0.4, 0.5) is 4.79 Å². The van der Waals surface area contributed by atoms with Crippen LogP contribution in [0.1, 0.15) is 16.8 Å². The van der Waals surface area contributed by atoms with Crippen molar-refractivity contribution in [2.75, 3.05) is 6.54 Å². The van der Waals surface area contributed by atoms with Crippen LogP contribution in [0.15, 0.2) is 47.3 Å². The standard InChI is InChI=1S/C20H18Cl2N2O3/c1-12-18(24-17-5-3-2-4-14(17)19(12)25)11-27-20(26)23-9-8-13-6-7-15(21)16(22)10-13/h2-7,10H,8-9,11H2,1H3,(H,23,26)(H,24,25). The van der Waals surface area contributed by atoms with Crippen molar-refractivity contribution in [2.24, 2.45) is 0 Å². The number of alkyl carbamates (subject to hydrolysis) is 1. The molecule has 0 fully saturated rings. The minimum absolute atomic E-state index is 0.00941. The molecule has 2 N–H and O–H groups in total. The molecule has 27 heavy (non-hydrogen) atoms. The number of hydrogen-bond donors (Lipinski definition) is 2. The molecule has 0 saturated heterocycles. The zero-order chi connectivity index (χ0) is 19.4. The molecule has 2 aromatic carbocycles. The van der Waals surface area contributed by atoms with Gasteiger partial charge in [-0.2, -0.15) is 0 Å². The van der Waals surface area contributed by atoms with Gasteiger partial charge in [0.2, 0.25) is 0 Å². The Morgan fingerprint density at radius 1 is 1.15 bits per heavy atom. The number of aromatic amines is 1. The molecule has 0 aliphatic carbocycles. The van der Waals surface area contributed by atoms with Gasteiger partial charge < -0.3 is 15.0 Å². The first kappa shape index (κ1) is 19.3. The van der Waals surface area contributed by atoms with Gasteiger partial charge in [-0.3, -0.25) is 4.79 Å². The van der Waals surface area contributed by atoms with Crippen molar-refractivity contribution in [1.82, 2.24) is 10.3 Å². The Bertz CT molecular complexity index is 1050. The van der Waals surface area contributed by atoms with Gasteiger partial charge >= 0.3 is 6.09 Å². The Labute approximate surface area is 166 Å². The largest absolute Gasteiger partial charge is 0.443 e. The van der Waals surface area contributed by atoms with Crippen LogP contribution in [0.5, 0.6) is 0 Å². The number of amides is 1. The Balaban J connectivity index is 1.56. The summed E-state index contributed by atoms with van der Waals surface area (Å²) in [7, 11) is 0. The van der Waals surface area contributed by atoms with E-state index < -0.39 is 6.09 Å². The summed E-state index contributed by atoms with van der Waals surface area (Å²) in [6, 6.07) is 12.6. The van der Waals surface area contributed by atoms with E-state index in [0.29, 0.717) is 45.2 Å². The number of H-pyrrole nitrogens is 1. The van der Waals surface area contributed by atoms with Crippen molar-refractivity contribution in [3.8, 4) is 0 Å². The molecular weight excluding hydrogens is 387 g/mol. The van der Waals surface area contributed by atoms with Gasteiger partial charge in [0, 0.05) is 23.0 Å². The molecule has 0 aliphatic rings. The maximum absolute atomic E-state index is 12.4. The highest BCUT2D eigenvalue weighted by atomic mass is 35.5. The highest BCUT2D eigenvalue weighted by Gasteiger charge is 2.10. The number of nitrogens with one attached hydrogen (secondary N) is 2. The first-order chi connectivity index (χ1) is 13.0. The Morgan fingerprint density at radius 3 is 2.70 bits per heavy atom. The van der Waals surface area contributed by atoms with Crippen LogP contribution in [0.2, 0.25) is 10.0 Å². The molecule has 0 aliphatic heterocycles. The molecule has 0 atom stereocenters. The van der Waals surface area contributed by atoms with E-state index in [4.69, 9.17) is 27.9 Å². The second-order valence-corrected chi connectivity index (χ2v) is 6.92. The van der Waals surface area contributed by atoms with E-state index in [1.54, 1.807) is 25.1 Å². The number of ether oxygens (including phenoxy) is 1. The first-order valence-electron chi connectivity index (χ1n) is 8.41. The van der Waals surface area contributed by atoms with Gasteiger partial charge in [-0.1, -0.05) is 41.4 Å². The fourth-order valence-electron chi connectivity index (χ4n) is 2.72. The number of halogens is 2. The van der Waals surface area contributed by atoms with Crippen LogP contribution in [-0.2, 0) is 17.8 Å². The lowest BCUT2D eigenvalue weighted by atomic mass is 10.1. The molecule has 3 rings (SSSR count). The van der Waals surface area contributed by atoms with Crippen molar-refractivity contribution in [3.63, 3.8) is 0 Å². The topological polar surface area (TPSA) is 71.2 Å². The molecule has 0 bridgehead atoms. The molecule has 1 amide bonds. The average molecular weight is 405 g/mol. The number of pyridine rings is 1. The number of rotatable bonds is 5. The number of aromatic nitrogens is 1. The minimum atomic E-state index is -0.552. The summed E-state index contributed by atoms with van der Waals surface area (Å²) in [5.74, 6) is 0. The summed E-state index contributed by atoms with van der Waals surface area (Å²) in [5, 5.41) is 4.27. The zero-order valence-corrected chi connectivity index (χ0v) is 16.2. The lowest BCUT2D eigenvalue weighted by molar-refractivity contribution is 0.138. The van der Waals surface area contributed by atoms with Gasteiger partial charge in [-0.15, -0.1) is 0 Å². The fourth-order valence-corrected chi connectivity index (χ4v) is 3.04. The van der Waals surface area contributed by atoms with E-state index in [1.807, 2.05) is 24.3 Å². The Morgan fingerprint density at radius 2 is 1.93 bits per heavy atom. The monoisotopic (exact) mass is 404 g/mol. The van der Waals surface area contributed by atoms with Gasteiger partial charge in [0.1, 0.15) is 6.61 Å². The molecule has 0 saturated carbocycles. The third-order valence-corrected chi connectivity index (χ3v) is 5.00. The number of fused-ring (bicyclic) bond motifs is 1. The molecule has 140 valence electrons. The van der Waals surface area contributed by atoms with Crippen LogP contribution < -0.4 is 10.7 Å². The second-order valence-electron chi connectivity index (χ2n) is 6.10. The van der Waals surface area contributed by atoms with E-state index in [9.17, 15) is 9.59 Å². The highest BCUT2D eigenvalue weighted by Crippen LogP contribution is 2.22. The summed E-state index contributed by atoms with van der Waals surface area (Å²) < 4.78 is 5.23. The fraction of sp³-hybridized carbons (Fsp3) is 0.200. The van der Waals surface area contributed by atoms with E-state index in [-0.39, 0.29) is 12.0 Å². The quantitative estimate of drug-likeness (QED) is 0.651. The summed E-state index contributed by atoms with van der Waals surface area (Å²) in [5.41, 5.74) is 2.73. The Kier molecular flexibility index (Phi) is 6.04. The second kappa shape index (κ2) is 8.46. The maximum Gasteiger partial charge on any atom is 0.407 e. The van der Waals surface area contributed by atoms with E-state index >= 15 is 0 Å². The van der Waals surface area contributed by atoms with Crippen LogP contribution in [0, 0.1) is 6.92 Å². The molecule has 1 heterocycles. The third-order valence-electron chi connectivity index (χ3n) is 4.27. The summed E-state index contributed by atoms with van der Waals surface area (Å²) >= 11 is 11.8. The summed E-state index contributed by atoms with van der Waals surface area (Å²) in [6.07, 6.45) is 0.0427. The van der Waals surface area contributed by atoms with Crippen molar-refractivity contribution in [2.45, 2.75) is 20.0 Å². The molecule has 7 heteroatoms. The van der Waals surface area contributed by atoms with Crippen LogP contribution in [-0.4, -0.2) is 17.6 Å². The first-order valence-corrected chi connectivity index (χ1v) is 9.16.